The average molecular weight is 305 g/mol. The van der Waals surface area contributed by atoms with E-state index in [2.05, 4.69) is 56.5 Å². The molecule has 4 aromatic rings. The number of aromatic amines is 1. The van der Waals surface area contributed by atoms with Crippen molar-refractivity contribution in [2.75, 3.05) is 0 Å². The van der Waals surface area contributed by atoms with Gasteiger partial charge < -0.3 is 4.57 Å². The van der Waals surface area contributed by atoms with Crippen LogP contribution in [-0.4, -0.2) is 20.0 Å². The van der Waals surface area contributed by atoms with Crippen molar-refractivity contribution in [3.63, 3.8) is 0 Å². The van der Waals surface area contributed by atoms with E-state index >= 15 is 0 Å². The zero-order chi connectivity index (χ0) is 15.1. The van der Waals surface area contributed by atoms with Gasteiger partial charge in [-0.05, 0) is 35.9 Å². The Morgan fingerprint density at radius 2 is 2.00 bits per heavy atom. The van der Waals surface area contributed by atoms with E-state index in [0.717, 1.165) is 15.3 Å². The van der Waals surface area contributed by atoms with Gasteiger partial charge in [0.05, 0.1) is 4.88 Å². The summed E-state index contributed by atoms with van der Waals surface area (Å²) in [6.07, 6.45) is 2.06. The fourth-order valence-electron chi connectivity index (χ4n) is 2.54. The summed E-state index contributed by atoms with van der Waals surface area (Å²) in [6, 6.07) is 14.6. The van der Waals surface area contributed by atoms with Gasteiger partial charge >= 0.3 is 0 Å². The number of thiophene rings is 1. The molecule has 22 heavy (non-hydrogen) atoms. The van der Waals surface area contributed by atoms with Gasteiger partial charge in [0.2, 0.25) is 0 Å². The summed E-state index contributed by atoms with van der Waals surface area (Å²) in [4.78, 5) is 2.08. The highest BCUT2D eigenvalue weighted by atomic mass is 32.1. The zero-order valence-electron chi connectivity index (χ0n) is 11.7. The largest absolute Gasteiger partial charge is 0.351 e. The fourth-order valence-corrected chi connectivity index (χ4v) is 3.53. The van der Waals surface area contributed by atoms with Gasteiger partial charge in [0.1, 0.15) is 11.8 Å². The average Bonchev–Trinajstić information content (AvgIpc) is 3.25. The maximum absolute atomic E-state index is 9.04. The predicted octanol–water partition coefficient (Wildman–Crippen LogP) is 3.56. The minimum absolute atomic E-state index is 0.326. The van der Waals surface area contributed by atoms with Gasteiger partial charge in [0, 0.05) is 29.0 Å². The molecule has 0 saturated heterocycles. The minimum Gasteiger partial charge on any atom is -0.351 e. The summed E-state index contributed by atoms with van der Waals surface area (Å²) < 4.78 is 2.10. The Bertz CT molecular complexity index is 1010. The van der Waals surface area contributed by atoms with Crippen LogP contribution < -0.4 is 0 Å². The maximum atomic E-state index is 9.04. The fraction of sp³-hybridized carbons (Fsp3) is 0.0625. The molecule has 0 aliphatic carbocycles. The molecule has 6 heteroatoms. The van der Waals surface area contributed by atoms with E-state index in [9.17, 15) is 0 Å². The van der Waals surface area contributed by atoms with Crippen LogP contribution in [0.25, 0.3) is 31.9 Å². The van der Waals surface area contributed by atoms with E-state index in [4.69, 9.17) is 5.26 Å². The van der Waals surface area contributed by atoms with E-state index < -0.39 is 0 Å². The molecule has 5 nitrogen and oxygen atoms in total. The molecular weight excluding hydrogens is 294 g/mol. The van der Waals surface area contributed by atoms with E-state index in [0.29, 0.717) is 11.4 Å². The van der Waals surface area contributed by atoms with Gasteiger partial charge in [-0.3, -0.25) is 0 Å². The lowest BCUT2D eigenvalue weighted by Gasteiger charge is -2.00. The molecule has 0 aliphatic heterocycles. The molecule has 0 fully saturated rings. The second-order valence-electron chi connectivity index (χ2n) is 5.00. The Kier molecular flexibility index (Phi) is 2.81. The highest BCUT2D eigenvalue weighted by Crippen LogP contribution is 2.35. The van der Waals surface area contributed by atoms with Crippen molar-refractivity contribution in [1.82, 2.24) is 20.0 Å². The lowest BCUT2D eigenvalue weighted by atomic mass is 10.1. The van der Waals surface area contributed by atoms with E-state index in [-0.39, 0.29) is 0 Å². The van der Waals surface area contributed by atoms with E-state index in [1.165, 1.54) is 10.9 Å². The van der Waals surface area contributed by atoms with Crippen molar-refractivity contribution in [1.29, 1.82) is 5.26 Å². The van der Waals surface area contributed by atoms with Crippen LogP contribution in [0.15, 0.2) is 42.6 Å². The molecule has 0 unspecified atom stereocenters. The number of aryl methyl sites for hydroxylation is 1. The van der Waals surface area contributed by atoms with Crippen molar-refractivity contribution in [3.05, 3.63) is 48.3 Å². The number of nitrogens with one attached hydrogen (secondary N) is 1. The zero-order valence-corrected chi connectivity index (χ0v) is 12.6. The van der Waals surface area contributed by atoms with Crippen LogP contribution in [0.5, 0.6) is 0 Å². The van der Waals surface area contributed by atoms with Gasteiger partial charge in [0.15, 0.2) is 5.69 Å². The topological polar surface area (TPSA) is 70.3 Å². The number of aromatic nitrogens is 4. The highest BCUT2D eigenvalue weighted by molar-refractivity contribution is 7.18. The number of rotatable bonds is 2. The molecule has 1 N–H and O–H groups in total. The minimum atomic E-state index is 0.326. The third kappa shape index (κ3) is 1.91. The molecule has 0 spiro atoms. The summed E-state index contributed by atoms with van der Waals surface area (Å²) in [5.41, 5.74) is 3.31. The van der Waals surface area contributed by atoms with Crippen molar-refractivity contribution in [3.8, 4) is 27.1 Å². The molecule has 0 saturated carbocycles. The van der Waals surface area contributed by atoms with Crippen LogP contribution in [0.1, 0.15) is 5.69 Å². The highest BCUT2D eigenvalue weighted by Gasteiger charge is 2.13. The number of nitriles is 1. The standard InChI is InChI=1S/C16H11N5S/c1-21-7-6-10-8-11(2-3-13(10)21)14-4-5-15(22-14)16-12(9-17)18-20-19-16/h2-8H,1H3,(H,18,19,20). The first-order valence-corrected chi connectivity index (χ1v) is 7.54. The van der Waals surface area contributed by atoms with Crippen molar-refractivity contribution in [2.45, 2.75) is 0 Å². The predicted molar refractivity (Wildman–Crippen MR) is 86.3 cm³/mol. The third-order valence-corrected chi connectivity index (χ3v) is 4.80. The number of H-pyrrole nitrogens is 1. The van der Waals surface area contributed by atoms with Crippen LogP contribution in [0, 0.1) is 11.3 Å². The molecule has 0 radical (unpaired) electrons. The quantitative estimate of drug-likeness (QED) is 0.615. The van der Waals surface area contributed by atoms with Gasteiger partial charge in [-0.1, -0.05) is 6.07 Å². The molecule has 3 aromatic heterocycles. The molecule has 4 rings (SSSR count). The van der Waals surface area contributed by atoms with Crippen molar-refractivity contribution >= 4 is 22.2 Å². The van der Waals surface area contributed by atoms with Crippen LogP contribution in [0.3, 0.4) is 0 Å². The van der Waals surface area contributed by atoms with Crippen LogP contribution >= 0.6 is 11.3 Å². The lowest BCUT2D eigenvalue weighted by Crippen LogP contribution is -1.83. The Morgan fingerprint density at radius 1 is 1.14 bits per heavy atom. The molecule has 0 aliphatic rings. The monoisotopic (exact) mass is 305 g/mol. The number of nitrogens with zero attached hydrogens (tertiary/aromatic N) is 4. The first-order valence-electron chi connectivity index (χ1n) is 6.73. The first-order chi connectivity index (χ1) is 10.8. The third-order valence-electron chi connectivity index (χ3n) is 3.66. The second kappa shape index (κ2) is 4.83. The molecule has 0 atom stereocenters. The Morgan fingerprint density at radius 3 is 2.86 bits per heavy atom. The van der Waals surface area contributed by atoms with Gasteiger partial charge in [0.25, 0.3) is 0 Å². The number of benzene rings is 1. The Hall–Kier alpha value is -2.91. The van der Waals surface area contributed by atoms with E-state index in [1.807, 2.05) is 19.2 Å². The summed E-state index contributed by atoms with van der Waals surface area (Å²) in [5, 5.41) is 20.7. The Balaban J connectivity index is 1.78. The molecular formula is C16H11N5S. The van der Waals surface area contributed by atoms with Gasteiger partial charge in [-0.25, -0.2) is 0 Å². The maximum Gasteiger partial charge on any atom is 0.191 e. The molecule has 1 aromatic carbocycles. The molecule has 0 bridgehead atoms. The van der Waals surface area contributed by atoms with Gasteiger partial charge in [-0.15, -0.1) is 16.4 Å². The number of hydrogen-bond acceptors (Lipinski definition) is 4. The molecule has 0 amide bonds. The first kappa shape index (κ1) is 12.8. The van der Waals surface area contributed by atoms with Gasteiger partial charge in [-0.2, -0.15) is 15.6 Å². The summed E-state index contributed by atoms with van der Waals surface area (Å²) in [7, 11) is 2.04. The van der Waals surface area contributed by atoms with Crippen molar-refractivity contribution in [2.24, 2.45) is 7.05 Å². The van der Waals surface area contributed by atoms with Crippen LogP contribution in [0.4, 0.5) is 0 Å². The van der Waals surface area contributed by atoms with E-state index in [1.54, 1.807) is 11.3 Å². The number of fused-ring (bicyclic) bond motifs is 1. The normalized spacial score (nSPS) is 10.9. The summed E-state index contributed by atoms with van der Waals surface area (Å²) >= 11 is 1.61. The lowest BCUT2D eigenvalue weighted by molar-refractivity contribution is 0.937. The Labute approximate surface area is 130 Å². The van der Waals surface area contributed by atoms with Crippen LogP contribution in [0.2, 0.25) is 0 Å². The second-order valence-corrected chi connectivity index (χ2v) is 6.08. The summed E-state index contributed by atoms with van der Waals surface area (Å²) in [6.45, 7) is 0. The molecule has 106 valence electrons. The van der Waals surface area contributed by atoms with Crippen LogP contribution in [-0.2, 0) is 7.05 Å². The summed E-state index contributed by atoms with van der Waals surface area (Å²) in [5.74, 6) is 0. The smallest absolute Gasteiger partial charge is 0.191 e. The molecule has 3 heterocycles. The number of hydrogen-bond donors (Lipinski definition) is 1. The van der Waals surface area contributed by atoms with Crippen molar-refractivity contribution < 1.29 is 0 Å². The SMILES string of the molecule is Cn1ccc2cc(-c3ccc(-c4n[nH]nc4C#N)s3)ccc21.